The molecule has 1 fully saturated rings. The Morgan fingerprint density at radius 1 is 1.50 bits per heavy atom. The van der Waals surface area contributed by atoms with E-state index in [2.05, 4.69) is 10.3 Å². The lowest BCUT2D eigenvalue weighted by Crippen LogP contribution is -2.44. The number of rotatable bonds is 2. The summed E-state index contributed by atoms with van der Waals surface area (Å²) in [5, 5.41) is 5.09. The molecule has 5 nitrogen and oxygen atoms in total. The first kappa shape index (κ1) is 12.0. The van der Waals surface area contributed by atoms with Crippen LogP contribution in [-0.4, -0.2) is 19.2 Å². The quantitative estimate of drug-likeness (QED) is 0.755. The molecule has 5 N–H and O–H groups in total. The van der Waals surface area contributed by atoms with E-state index in [0.717, 1.165) is 43.0 Å². The fraction of sp³-hybridized carbons (Fsp3) is 0.583. The van der Waals surface area contributed by atoms with E-state index in [-0.39, 0.29) is 0 Å². The van der Waals surface area contributed by atoms with E-state index >= 15 is 0 Å². The predicted octanol–water partition coefficient (Wildman–Crippen LogP) is 1.42. The van der Waals surface area contributed by atoms with E-state index in [1.54, 1.807) is 11.3 Å². The van der Waals surface area contributed by atoms with Crippen LogP contribution in [0.5, 0.6) is 0 Å². The number of nitrogens with one attached hydrogen (secondary N) is 1. The van der Waals surface area contributed by atoms with Gasteiger partial charge in [-0.1, -0.05) is 0 Å². The van der Waals surface area contributed by atoms with E-state index in [4.69, 9.17) is 16.2 Å². The molecule has 1 aromatic heterocycles. The zero-order valence-electron chi connectivity index (χ0n) is 10.2. The summed E-state index contributed by atoms with van der Waals surface area (Å²) < 4.78 is 5.39. The highest BCUT2D eigenvalue weighted by Gasteiger charge is 2.37. The molecule has 1 unspecified atom stereocenters. The summed E-state index contributed by atoms with van der Waals surface area (Å²) in [6.45, 7) is 1.66. The molecule has 0 aromatic carbocycles. The molecule has 1 saturated heterocycles. The first-order valence-electron chi connectivity index (χ1n) is 6.24. The topological polar surface area (TPSA) is 85.7 Å². The Morgan fingerprint density at radius 2 is 2.28 bits per heavy atom. The molecule has 1 aromatic rings. The monoisotopic (exact) mass is 266 g/mol. The lowest BCUT2D eigenvalue weighted by molar-refractivity contribution is 0.0566. The van der Waals surface area contributed by atoms with Crippen molar-refractivity contribution < 1.29 is 4.74 Å². The molecular weight excluding hydrogens is 248 g/mol. The van der Waals surface area contributed by atoms with Crippen molar-refractivity contribution in [1.29, 1.82) is 0 Å². The summed E-state index contributed by atoms with van der Waals surface area (Å²) in [5.74, 6) is 0.976. The van der Waals surface area contributed by atoms with Gasteiger partial charge in [0.1, 0.15) is 5.66 Å². The van der Waals surface area contributed by atoms with Crippen molar-refractivity contribution in [3.8, 4) is 0 Å². The molecule has 0 radical (unpaired) electrons. The predicted molar refractivity (Wildman–Crippen MR) is 73.6 cm³/mol. The van der Waals surface area contributed by atoms with Crippen molar-refractivity contribution in [2.45, 2.75) is 24.9 Å². The molecule has 0 saturated carbocycles. The Balaban J connectivity index is 1.85. The Kier molecular flexibility index (Phi) is 3.01. The second-order valence-electron chi connectivity index (χ2n) is 4.97. The largest absolute Gasteiger partial charge is 0.381 e. The maximum atomic E-state index is 6.50. The number of anilines is 1. The zero-order valence-corrected chi connectivity index (χ0v) is 11.0. The third kappa shape index (κ3) is 2.11. The van der Waals surface area contributed by atoms with Crippen LogP contribution < -0.4 is 16.8 Å². The normalized spacial score (nSPS) is 28.4. The molecule has 1 atom stereocenters. The van der Waals surface area contributed by atoms with Gasteiger partial charge in [-0.05, 0) is 36.6 Å². The maximum absolute atomic E-state index is 6.50. The van der Waals surface area contributed by atoms with Crippen molar-refractivity contribution in [1.82, 2.24) is 0 Å². The van der Waals surface area contributed by atoms with E-state index in [9.17, 15) is 0 Å². The highest BCUT2D eigenvalue weighted by atomic mass is 32.1. The molecule has 0 amide bonds. The van der Waals surface area contributed by atoms with Crippen LogP contribution in [0.15, 0.2) is 16.4 Å². The SMILES string of the molecule is NC1=NC(N)(CC2CCOCC2)c2sccc2N1. The van der Waals surface area contributed by atoms with E-state index < -0.39 is 5.66 Å². The molecule has 2 aliphatic rings. The van der Waals surface area contributed by atoms with Gasteiger partial charge >= 0.3 is 0 Å². The van der Waals surface area contributed by atoms with Crippen LogP contribution in [0.1, 0.15) is 24.1 Å². The Labute approximate surface area is 110 Å². The summed E-state index contributed by atoms with van der Waals surface area (Å²) in [6.07, 6.45) is 2.96. The van der Waals surface area contributed by atoms with Gasteiger partial charge < -0.3 is 21.5 Å². The maximum Gasteiger partial charge on any atom is 0.195 e. The Hall–Kier alpha value is -1.11. The highest BCUT2D eigenvalue weighted by molar-refractivity contribution is 7.10. The molecular formula is C12H18N4OS. The molecule has 0 spiro atoms. The number of thiophene rings is 1. The van der Waals surface area contributed by atoms with Crippen LogP contribution in [0.25, 0.3) is 0 Å². The summed E-state index contributed by atoms with van der Waals surface area (Å²) in [4.78, 5) is 5.54. The fourth-order valence-corrected chi connectivity index (χ4v) is 3.62. The molecule has 0 aliphatic carbocycles. The summed E-state index contributed by atoms with van der Waals surface area (Å²) in [7, 11) is 0. The molecule has 6 heteroatoms. The Morgan fingerprint density at radius 3 is 3.06 bits per heavy atom. The lowest BCUT2D eigenvalue weighted by Gasteiger charge is -2.34. The van der Waals surface area contributed by atoms with Gasteiger partial charge in [-0.3, -0.25) is 0 Å². The van der Waals surface area contributed by atoms with Crippen molar-refractivity contribution in [2.24, 2.45) is 22.4 Å². The first-order chi connectivity index (χ1) is 8.67. The molecule has 18 heavy (non-hydrogen) atoms. The number of nitrogens with two attached hydrogens (primary N) is 2. The molecule has 3 heterocycles. The number of ether oxygens (including phenoxy) is 1. The average molecular weight is 266 g/mol. The average Bonchev–Trinajstić information content (AvgIpc) is 2.78. The summed E-state index contributed by atoms with van der Waals surface area (Å²) >= 11 is 1.64. The number of guanidine groups is 1. The second-order valence-corrected chi connectivity index (χ2v) is 5.89. The van der Waals surface area contributed by atoms with Crippen LogP contribution in [0.2, 0.25) is 0 Å². The van der Waals surface area contributed by atoms with Crippen LogP contribution in [0.3, 0.4) is 0 Å². The first-order valence-corrected chi connectivity index (χ1v) is 7.12. The van der Waals surface area contributed by atoms with Gasteiger partial charge in [0.2, 0.25) is 0 Å². The minimum Gasteiger partial charge on any atom is -0.381 e. The van der Waals surface area contributed by atoms with Crippen LogP contribution in [-0.2, 0) is 10.4 Å². The van der Waals surface area contributed by atoms with Crippen LogP contribution >= 0.6 is 11.3 Å². The van der Waals surface area contributed by atoms with Crippen molar-refractivity contribution in [3.63, 3.8) is 0 Å². The number of fused-ring (bicyclic) bond motifs is 1. The lowest BCUT2D eigenvalue weighted by atomic mass is 9.88. The summed E-state index contributed by atoms with van der Waals surface area (Å²) in [5.41, 5.74) is 12.7. The van der Waals surface area contributed by atoms with Gasteiger partial charge in [0.25, 0.3) is 0 Å². The van der Waals surface area contributed by atoms with Gasteiger partial charge in [-0.2, -0.15) is 0 Å². The van der Waals surface area contributed by atoms with Crippen molar-refractivity contribution in [2.75, 3.05) is 18.5 Å². The third-order valence-electron chi connectivity index (χ3n) is 3.58. The minimum absolute atomic E-state index is 0.412. The van der Waals surface area contributed by atoms with Crippen molar-refractivity contribution in [3.05, 3.63) is 16.3 Å². The van der Waals surface area contributed by atoms with Gasteiger partial charge in [0.15, 0.2) is 5.96 Å². The molecule has 98 valence electrons. The van der Waals surface area contributed by atoms with Crippen LogP contribution in [0, 0.1) is 5.92 Å². The summed E-state index contributed by atoms with van der Waals surface area (Å²) in [6, 6.07) is 2.01. The molecule has 0 bridgehead atoms. The second kappa shape index (κ2) is 4.53. The molecule has 3 rings (SSSR count). The minimum atomic E-state index is -0.666. The van der Waals surface area contributed by atoms with Gasteiger partial charge in [-0.25, -0.2) is 4.99 Å². The third-order valence-corrected chi connectivity index (χ3v) is 4.66. The number of hydrogen-bond acceptors (Lipinski definition) is 6. The Bertz CT molecular complexity index is 466. The van der Waals surface area contributed by atoms with E-state index in [1.165, 1.54) is 0 Å². The number of nitrogens with zero attached hydrogens (tertiary/aromatic N) is 1. The van der Waals surface area contributed by atoms with Crippen LogP contribution in [0.4, 0.5) is 5.69 Å². The smallest absolute Gasteiger partial charge is 0.195 e. The van der Waals surface area contributed by atoms with Gasteiger partial charge in [0.05, 0.1) is 10.6 Å². The van der Waals surface area contributed by atoms with E-state index in [1.807, 2.05) is 11.4 Å². The standard InChI is InChI=1S/C12H18N4OS/c13-11-15-9-3-6-18-10(9)12(14,16-11)7-8-1-4-17-5-2-8/h3,6,8H,1-2,4-5,7,14H2,(H3,13,15,16). The van der Waals surface area contributed by atoms with Gasteiger partial charge in [-0.15, -0.1) is 11.3 Å². The zero-order chi connectivity index (χ0) is 12.6. The van der Waals surface area contributed by atoms with Crippen molar-refractivity contribution >= 4 is 23.0 Å². The number of hydrogen-bond donors (Lipinski definition) is 3. The van der Waals surface area contributed by atoms with Gasteiger partial charge in [0, 0.05) is 13.2 Å². The molecule has 2 aliphatic heterocycles. The number of aliphatic imine (C=N–C) groups is 1. The highest BCUT2D eigenvalue weighted by Crippen LogP contribution is 2.40. The van der Waals surface area contributed by atoms with E-state index in [0.29, 0.717) is 11.9 Å². The fourth-order valence-electron chi connectivity index (χ4n) is 2.70.